The lowest BCUT2D eigenvalue weighted by atomic mass is 9.94. The van der Waals surface area contributed by atoms with Crippen LogP contribution < -0.4 is 0 Å². The number of hydrogen-bond donors (Lipinski definition) is 0. The van der Waals surface area contributed by atoms with E-state index in [-0.39, 0.29) is 5.91 Å². The minimum absolute atomic E-state index is 0.263. The Hall–Kier alpha value is -0.790. The van der Waals surface area contributed by atoms with Crippen molar-refractivity contribution in [3.63, 3.8) is 0 Å². The molecule has 0 N–H and O–H groups in total. The lowest BCUT2D eigenvalue weighted by Gasteiger charge is -2.16. The molecule has 0 aromatic heterocycles. The molecule has 1 aliphatic carbocycles. The van der Waals surface area contributed by atoms with Gasteiger partial charge in [-0.25, -0.2) is 0 Å². The molecule has 0 unspecified atom stereocenters. The molecule has 78 valence electrons. The Morgan fingerprint density at radius 2 is 1.64 bits per heavy atom. The van der Waals surface area contributed by atoms with E-state index in [1.54, 1.807) is 0 Å². The molecule has 2 heteroatoms. The van der Waals surface area contributed by atoms with E-state index in [1.165, 1.54) is 37.7 Å². The molecule has 1 aliphatic heterocycles. The molecule has 0 spiro atoms. The third kappa shape index (κ3) is 2.37. The predicted octanol–water partition coefficient (Wildman–Crippen LogP) is 2.50. The zero-order valence-electron chi connectivity index (χ0n) is 8.80. The third-order valence-corrected chi connectivity index (χ3v) is 3.24. The summed E-state index contributed by atoms with van der Waals surface area (Å²) in [7, 11) is 0. The van der Waals surface area contributed by atoms with Crippen molar-refractivity contribution in [2.45, 2.75) is 44.9 Å². The van der Waals surface area contributed by atoms with Crippen molar-refractivity contribution >= 4 is 5.91 Å². The molecule has 14 heavy (non-hydrogen) atoms. The molecule has 1 amide bonds. The fourth-order valence-electron chi connectivity index (χ4n) is 2.35. The van der Waals surface area contributed by atoms with E-state index in [1.807, 2.05) is 11.0 Å². The van der Waals surface area contributed by atoms with E-state index in [0.29, 0.717) is 0 Å². The summed E-state index contributed by atoms with van der Waals surface area (Å²) in [5.74, 6) is 0.263. The van der Waals surface area contributed by atoms with Gasteiger partial charge in [-0.05, 0) is 38.5 Å². The van der Waals surface area contributed by atoms with E-state index in [9.17, 15) is 4.79 Å². The summed E-state index contributed by atoms with van der Waals surface area (Å²) < 4.78 is 0. The van der Waals surface area contributed by atoms with Gasteiger partial charge in [0, 0.05) is 19.2 Å². The van der Waals surface area contributed by atoms with Gasteiger partial charge < -0.3 is 4.90 Å². The highest BCUT2D eigenvalue weighted by Gasteiger charge is 2.16. The van der Waals surface area contributed by atoms with Gasteiger partial charge in [0.2, 0.25) is 5.91 Å². The van der Waals surface area contributed by atoms with Gasteiger partial charge in [0.25, 0.3) is 0 Å². The quantitative estimate of drug-likeness (QED) is 0.586. The lowest BCUT2D eigenvalue weighted by Crippen LogP contribution is -2.26. The molecular weight excluding hydrogens is 174 g/mol. The largest absolute Gasteiger partial charge is 0.339 e. The zero-order valence-corrected chi connectivity index (χ0v) is 8.80. The van der Waals surface area contributed by atoms with Crippen LogP contribution >= 0.6 is 0 Å². The second-order valence-corrected chi connectivity index (χ2v) is 4.40. The summed E-state index contributed by atoms with van der Waals surface area (Å²) in [6, 6.07) is 0. The van der Waals surface area contributed by atoms with Crippen molar-refractivity contribution in [3.05, 3.63) is 11.6 Å². The maximum Gasteiger partial charge on any atom is 0.246 e. The second-order valence-electron chi connectivity index (χ2n) is 4.40. The van der Waals surface area contributed by atoms with Gasteiger partial charge in [-0.1, -0.05) is 12.0 Å². The van der Waals surface area contributed by atoms with Crippen LogP contribution in [0.2, 0.25) is 0 Å². The summed E-state index contributed by atoms with van der Waals surface area (Å²) in [4.78, 5) is 13.8. The van der Waals surface area contributed by atoms with E-state index >= 15 is 0 Å². The van der Waals surface area contributed by atoms with Crippen molar-refractivity contribution < 1.29 is 4.79 Å². The number of carbonyl (C=O) groups is 1. The number of nitrogens with zero attached hydrogens (tertiary/aromatic N) is 1. The first-order chi connectivity index (χ1) is 6.86. The molecule has 0 bridgehead atoms. The van der Waals surface area contributed by atoms with Crippen LogP contribution in [-0.4, -0.2) is 23.9 Å². The highest BCUT2D eigenvalue weighted by molar-refractivity contribution is 5.88. The Morgan fingerprint density at radius 3 is 2.29 bits per heavy atom. The molecule has 0 aromatic rings. The molecule has 0 aromatic carbocycles. The molecule has 2 fully saturated rings. The van der Waals surface area contributed by atoms with Crippen LogP contribution in [0.1, 0.15) is 44.9 Å². The van der Waals surface area contributed by atoms with Crippen LogP contribution in [-0.2, 0) is 4.79 Å². The topological polar surface area (TPSA) is 20.3 Å². The van der Waals surface area contributed by atoms with Crippen LogP contribution in [0.4, 0.5) is 0 Å². The van der Waals surface area contributed by atoms with Crippen LogP contribution in [0.25, 0.3) is 0 Å². The van der Waals surface area contributed by atoms with Crippen molar-refractivity contribution in [2.75, 3.05) is 13.1 Å². The molecule has 1 heterocycles. The van der Waals surface area contributed by atoms with Gasteiger partial charge in [0.05, 0.1) is 0 Å². The Balaban J connectivity index is 1.90. The number of amides is 1. The highest BCUT2D eigenvalue weighted by Crippen LogP contribution is 2.23. The number of carbonyl (C=O) groups excluding carboxylic acids is 1. The van der Waals surface area contributed by atoms with E-state index in [4.69, 9.17) is 0 Å². The van der Waals surface area contributed by atoms with Gasteiger partial charge in [0.1, 0.15) is 0 Å². The second kappa shape index (κ2) is 4.63. The van der Waals surface area contributed by atoms with Crippen molar-refractivity contribution in [1.29, 1.82) is 0 Å². The van der Waals surface area contributed by atoms with Crippen molar-refractivity contribution in [2.24, 2.45) is 0 Å². The van der Waals surface area contributed by atoms with Gasteiger partial charge in [-0.3, -0.25) is 4.79 Å². The molecule has 2 aliphatic rings. The first-order valence-corrected chi connectivity index (χ1v) is 5.84. The molecule has 1 saturated heterocycles. The maximum atomic E-state index is 11.8. The fourth-order valence-corrected chi connectivity index (χ4v) is 2.35. The summed E-state index contributed by atoms with van der Waals surface area (Å²) >= 11 is 0. The summed E-state index contributed by atoms with van der Waals surface area (Å²) in [5, 5.41) is 0. The monoisotopic (exact) mass is 193 g/mol. The Labute approximate surface area is 86.0 Å². The standard InChI is InChI=1S/C12H19NO/c14-12(13-8-4-5-9-13)10-11-6-2-1-3-7-11/h10H,1-9H2. The zero-order chi connectivity index (χ0) is 9.80. The van der Waals surface area contributed by atoms with Crippen molar-refractivity contribution in [3.8, 4) is 0 Å². The number of rotatable bonds is 1. The molecular formula is C12H19NO. The normalized spacial score (nSPS) is 22.6. The smallest absolute Gasteiger partial charge is 0.246 e. The van der Waals surface area contributed by atoms with Crippen LogP contribution in [0.15, 0.2) is 11.6 Å². The minimum atomic E-state index is 0.263. The lowest BCUT2D eigenvalue weighted by molar-refractivity contribution is -0.125. The van der Waals surface area contributed by atoms with Crippen LogP contribution in [0, 0.1) is 0 Å². The van der Waals surface area contributed by atoms with Crippen LogP contribution in [0.5, 0.6) is 0 Å². The Kier molecular flexibility index (Phi) is 3.22. The first kappa shape index (κ1) is 9.75. The summed E-state index contributed by atoms with van der Waals surface area (Å²) in [6.07, 6.45) is 10.5. The third-order valence-electron chi connectivity index (χ3n) is 3.24. The molecule has 1 saturated carbocycles. The van der Waals surface area contributed by atoms with E-state index in [0.717, 1.165) is 25.9 Å². The minimum Gasteiger partial charge on any atom is -0.339 e. The van der Waals surface area contributed by atoms with Gasteiger partial charge in [-0.2, -0.15) is 0 Å². The van der Waals surface area contributed by atoms with E-state index in [2.05, 4.69) is 0 Å². The highest BCUT2D eigenvalue weighted by atomic mass is 16.2. The number of likely N-dealkylation sites (tertiary alicyclic amines) is 1. The van der Waals surface area contributed by atoms with E-state index < -0.39 is 0 Å². The predicted molar refractivity (Wildman–Crippen MR) is 57.0 cm³/mol. The molecule has 2 nitrogen and oxygen atoms in total. The van der Waals surface area contributed by atoms with Gasteiger partial charge in [-0.15, -0.1) is 0 Å². The van der Waals surface area contributed by atoms with Gasteiger partial charge >= 0.3 is 0 Å². The van der Waals surface area contributed by atoms with Gasteiger partial charge in [0.15, 0.2) is 0 Å². The average molecular weight is 193 g/mol. The number of hydrogen-bond acceptors (Lipinski definition) is 1. The molecule has 0 radical (unpaired) electrons. The van der Waals surface area contributed by atoms with Crippen LogP contribution in [0.3, 0.4) is 0 Å². The summed E-state index contributed by atoms with van der Waals surface area (Å²) in [5.41, 5.74) is 1.38. The fraction of sp³-hybridized carbons (Fsp3) is 0.750. The maximum absolute atomic E-state index is 11.8. The van der Waals surface area contributed by atoms with Crippen molar-refractivity contribution in [1.82, 2.24) is 4.90 Å². The molecule has 0 atom stereocenters. The average Bonchev–Trinajstić information content (AvgIpc) is 2.72. The first-order valence-electron chi connectivity index (χ1n) is 5.84. The Morgan fingerprint density at radius 1 is 1.00 bits per heavy atom. The molecule has 2 rings (SSSR count). The number of allylic oxidation sites excluding steroid dienone is 1. The SMILES string of the molecule is O=C(C=C1CCCCC1)N1CCCC1. The Bertz CT molecular complexity index is 231. The summed E-state index contributed by atoms with van der Waals surface area (Å²) in [6.45, 7) is 1.95.